The van der Waals surface area contributed by atoms with E-state index in [1.165, 1.54) is 45.1 Å². The van der Waals surface area contributed by atoms with Crippen LogP contribution in [0.2, 0.25) is 0 Å². The van der Waals surface area contributed by atoms with Crippen LogP contribution >= 0.6 is 0 Å². The zero-order chi connectivity index (χ0) is 19.5. The summed E-state index contributed by atoms with van der Waals surface area (Å²) in [7, 11) is 12.8. The second kappa shape index (κ2) is 6.25. The van der Waals surface area contributed by atoms with E-state index in [0.717, 1.165) is 19.8 Å². The minimum absolute atomic E-state index is 0.955. The molecule has 2 aliphatic rings. The highest BCUT2D eigenvalue weighted by Gasteiger charge is 2.33. The average Bonchev–Trinajstić information content (AvgIpc) is 2.60. The summed E-state index contributed by atoms with van der Waals surface area (Å²) in [5.74, 6) is 0. The van der Waals surface area contributed by atoms with Crippen LogP contribution in [0.4, 0.5) is 28.4 Å². The van der Waals surface area contributed by atoms with Gasteiger partial charge in [0.25, 0.3) is 0 Å². The summed E-state index contributed by atoms with van der Waals surface area (Å²) in [5.41, 5.74) is 10.9. The molecule has 0 atom stereocenters. The monoisotopic (exact) mass is 365 g/mol. The van der Waals surface area contributed by atoms with Crippen molar-refractivity contribution in [2.75, 3.05) is 73.5 Å². The molecule has 5 heteroatoms. The number of hydrogen-bond acceptors (Lipinski definition) is 5. The van der Waals surface area contributed by atoms with Crippen molar-refractivity contribution in [3.05, 3.63) is 41.0 Å². The third-order valence-corrected chi connectivity index (χ3v) is 5.74. The minimum atomic E-state index is 0.955. The number of nitrogens with zero attached hydrogens (tertiary/aromatic N) is 5. The van der Waals surface area contributed by atoms with Gasteiger partial charge in [-0.15, -0.1) is 0 Å². The number of anilines is 5. The predicted octanol–water partition coefficient (Wildman–Crippen LogP) is 3.49. The van der Waals surface area contributed by atoms with Crippen molar-refractivity contribution in [3.63, 3.8) is 0 Å². The van der Waals surface area contributed by atoms with Crippen molar-refractivity contribution in [1.29, 1.82) is 0 Å². The first-order valence-electron chi connectivity index (χ1n) is 9.58. The molecule has 27 heavy (non-hydrogen) atoms. The molecule has 2 aromatic rings. The third kappa shape index (κ3) is 2.85. The largest absolute Gasteiger partial charge is 0.378 e. The van der Waals surface area contributed by atoms with Crippen LogP contribution in [0, 0.1) is 6.92 Å². The fourth-order valence-electron chi connectivity index (χ4n) is 4.36. The molecule has 0 spiro atoms. The van der Waals surface area contributed by atoms with Gasteiger partial charge in [-0.2, -0.15) is 0 Å². The zero-order valence-electron chi connectivity index (χ0n) is 17.7. The van der Waals surface area contributed by atoms with E-state index in [0.29, 0.717) is 0 Å². The first-order valence-corrected chi connectivity index (χ1v) is 9.58. The van der Waals surface area contributed by atoms with Crippen LogP contribution in [-0.4, -0.2) is 49.0 Å². The van der Waals surface area contributed by atoms with Crippen LogP contribution in [0.5, 0.6) is 0 Å². The summed E-state index contributed by atoms with van der Waals surface area (Å²) in [6.45, 7) is 5.07. The van der Waals surface area contributed by atoms with Crippen LogP contribution in [0.3, 0.4) is 0 Å². The van der Waals surface area contributed by atoms with E-state index in [1.54, 1.807) is 0 Å². The van der Waals surface area contributed by atoms with Crippen LogP contribution in [0.1, 0.15) is 16.7 Å². The molecule has 0 N–H and O–H groups in total. The molecule has 2 bridgehead atoms. The van der Waals surface area contributed by atoms with Gasteiger partial charge in [-0.05, 0) is 36.8 Å². The maximum atomic E-state index is 2.53. The lowest BCUT2D eigenvalue weighted by atomic mass is 9.96. The van der Waals surface area contributed by atoms with Gasteiger partial charge in [0.1, 0.15) is 0 Å². The molecule has 0 saturated carbocycles. The Morgan fingerprint density at radius 2 is 1.19 bits per heavy atom. The molecule has 4 rings (SSSR count). The maximum Gasteiger partial charge on any atom is 0.0910 e. The molecule has 0 aliphatic carbocycles. The normalized spacial score (nSPS) is 14.6. The number of aryl methyl sites for hydroxylation is 1. The second-order valence-corrected chi connectivity index (χ2v) is 8.46. The Balaban J connectivity index is 1.88. The average molecular weight is 366 g/mol. The fourth-order valence-corrected chi connectivity index (χ4v) is 4.36. The van der Waals surface area contributed by atoms with Crippen LogP contribution in [-0.2, 0) is 13.1 Å². The van der Waals surface area contributed by atoms with Crippen LogP contribution in [0.25, 0.3) is 0 Å². The molecule has 5 nitrogen and oxygen atoms in total. The predicted molar refractivity (Wildman–Crippen MR) is 118 cm³/mol. The molecule has 2 heterocycles. The summed E-state index contributed by atoms with van der Waals surface area (Å²) < 4.78 is 0. The van der Waals surface area contributed by atoms with E-state index in [4.69, 9.17) is 0 Å². The Morgan fingerprint density at radius 1 is 0.667 bits per heavy atom. The van der Waals surface area contributed by atoms with E-state index in [9.17, 15) is 0 Å². The highest BCUT2D eigenvalue weighted by molar-refractivity contribution is 5.81. The molecule has 0 fully saturated rings. The summed E-state index contributed by atoms with van der Waals surface area (Å²) in [4.78, 5) is 11.8. The van der Waals surface area contributed by atoms with E-state index < -0.39 is 0 Å². The van der Waals surface area contributed by atoms with E-state index in [-0.39, 0.29) is 0 Å². The molecule has 0 radical (unpaired) electrons. The molecule has 2 aromatic carbocycles. The van der Waals surface area contributed by atoms with Crippen LogP contribution < -0.4 is 24.5 Å². The summed E-state index contributed by atoms with van der Waals surface area (Å²) in [6, 6.07) is 9.33. The standard InChI is InChI=1S/C22H31N5/c1-15-8-19(24(4)5)17-12-27-14-26(21(17)9-15)13-18-20(25(6)7)10-16(23(2)3)11-22(18)27/h8-11H,12-14H2,1-7H3. The Kier molecular flexibility index (Phi) is 4.13. The summed E-state index contributed by atoms with van der Waals surface area (Å²) in [5, 5.41) is 0. The highest BCUT2D eigenvalue weighted by Crippen LogP contribution is 2.45. The van der Waals surface area contributed by atoms with Crippen molar-refractivity contribution < 1.29 is 0 Å². The lowest BCUT2D eigenvalue weighted by molar-refractivity contribution is 0.649. The molecule has 0 amide bonds. The topological polar surface area (TPSA) is 16.2 Å². The quantitative estimate of drug-likeness (QED) is 0.825. The van der Waals surface area contributed by atoms with Crippen molar-refractivity contribution in [2.45, 2.75) is 20.0 Å². The fraction of sp³-hybridized carbons (Fsp3) is 0.455. The van der Waals surface area contributed by atoms with Gasteiger partial charge in [0.05, 0.1) is 6.67 Å². The zero-order valence-corrected chi connectivity index (χ0v) is 17.7. The molecular formula is C22H31N5. The van der Waals surface area contributed by atoms with E-state index in [1.807, 2.05) is 0 Å². The van der Waals surface area contributed by atoms with E-state index >= 15 is 0 Å². The molecule has 0 unspecified atom stereocenters. The molecule has 2 aliphatic heterocycles. The number of rotatable bonds is 3. The third-order valence-electron chi connectivity index (χ3n) is 5.74. The summed E-state index contributed by atoms with van der Waals surface area (Å²) in [6.07, 6.45) is 0. The van der Waals surface area contributed by atoms with Gasteiger partial charge >= 0.3 is 0 Å². The Morgan fingerprint density at radius 3 is 1.70 bits per heavy atom. The van der Waals surface area contributed by atoms with Crippen molar-refractivity contribution in [2.24, 2.45) is 0 Å². The molecule has 0 saturated heterocycles. The van der Waals surface area contributed by atoms with E-state index in [2.05, 4.69) is 98.0 Å². The Hall–Kier alpha value is -2.56. The van der Waals surface area contributed by atoms with Gasteiger partial charge in [-0.1, -0.05) is 0 Å². The lowest BCUT2D eigenvalue weighted by Crippen LogP contribution is -2.47. The van der Waals surface area contributed by atoms with Gasteiger partial charge in [-0.25, -0.2) is 0 Å². The SMILES string of the molecule is Cc1cc(N(C)C)c2c(c1)N1Cc3c(N(C)C)cc(N(C)C)cc3N(C2)C1. The molecule has 0 aromatic heterocycles. The van der Waals surface area contributed by atoms with Crippen LogP contribution in [0.15, 0.2) is 24.3 Å². The Bertz CT molecular complexity index is 885. The maximum absolute atomic E-state index is 2.53. The van der Waals surface area contributed by atoms with Gasteiger partial charge in [0.15, 0.2) is 0 Å². The van der Waals surface area contributed by atoms with Gasteiger partial charge in [0, 0.05) is 94.9 Å². The number of hydrogen-bond donors (Lipinski definition) is 0. The van der Waals surface area contributed by atoms with Gasteiger partial charge in [0.2, 0.25) is 0 Å². The Labute approximate surface area is 163 Å². The van der Waals surface area contributed by atoms with Crippen molar-refractivity contribution in [3.8, 4) is 0 Å². The first kappa shape index (κ1) is 17.8. The number of fused-ring (bicyclic) bond motifs is 6. The van der Waals surface area contributed by atoms with Gasteiger partial charge < -0.3 is 24.5 Å². The number of benzene rings is 2. The van der Waals surface area contributed by atoms with Gasteiger partial charge in [-0.3, -0.25) is 0 Å². The minimum Gasteiger partial charge on any atom is -0.378 e. The smallest absolute Gasteiger partial charge is 0.0910 e. The second-order valence-electron chi connectivity index (χ2n) is 8.46. The van der Waals surface area contributed by atoms with Crippen molar-refractivity contribution >= 4 is 28.4 Å². The highest BCUT2D eigenvalue weighted by atomic mass is 15.4. The lowest BCUT2D eigenvalue weighted by Gasteiger charge is -2.47. The van der Waals surface area contributed by atoms with Crippen molar-refractivity contribution in [1.82, 2.24) is 0 Å². The molecule has 144 valence electrons. The molecular weight excluding hydrogens is 334 g/mol. The summed E-state index contributed by atoms with van der Waals surface area (Å²) >= 11 is 0. The first-order chi connectivity index (χ1) is 12.8.